The summed E-state index contributed by atoms with van der Waals surface area (Å²) in [6.07, 6.45) is 1.95. The average Bonchev–Trinajstić information content (AvgIpc) is 2.84. The number of benzene rings is 2. The summed E-state index contributed by atoms with van der Waals surface area (Å²) in [7, 11) is 0. The number of para-hydroxylation sites is 1. The van der Waals surface area contributed by atoms with Gasteiger partial charge in [-0.05, 0) is 0 Å². The van der Waals surface area contributed by atoms with Crippen LogP contribution in [0.2, 0.25) is 0 Å². The Labute approximate surface area is 127 Å². The van der Waals surface area contributed by atoms with Crippen LogP contribution in [0.1, 0.15) is 0 Å². The van der Waals surface area contributed by atoms with E-state index in [0.717, 1.165) is 5.69 Å². The Morgan fingerprint density at radius 2 is 1.50 bits per heavy atom. The van der Waals surface area contributed by atoms with Crippen molar-refractivity contribution in [1.82, 2.24) is 8.26 Å². The Bertz CT molecular complexity index is 924. The van der Waals surface area contributed by atoms with E-state index in [1.165, 1.54) is 27.4 Å². The fraction of sp³-hybridized carbons (Fsp3) is 0. The standard InChI is InChI=1S/C17H11N2.Ga/c1-2-7-14-11-18-16(9-12(14)5-1)17-10-13-6-3-4-8-15(13)19-17;/h1-11H;/q-1;+1. The van der Waals surface area contributed by atoms with Crippen molar-refractivity contribution in [3.8, 4) is 11.4 Å². The summed E-state index contributed by atoms with van der Waals surface area (Å²) in [5.41, 5.74) is 3.47. The summed E-state index contributed by atoms with van der Waals surface area (Å²) in [4.78, 5) is 4.62. The molecule has 2 radical (unpaired) electrons. The van der Waals surface area contributed by atoms with Gasteiger partial charge in [-0.3, -0.25) is 0 Å². The first-order valence-electron chi connectivity index (χ1n) is 6.54. The van der Waals surface area contributed by atoms with Crippen LogP contribution in [-0.2, 0) is 0 Å². The summed E-state index contributed by atoms with van der Waals surface area (Å²) in [6.45, 7) is 0. The Kier molecular flexibility index (Phi) is 2.68. The van der Waals surface area contributed by atoms with Crippen molar-refractivity contribution in [2.45, 2.75) is 0 Å². The third-order valence-corrected chi connectivity index (χ3v) is 4.81. The Hall–Kier alpha value is -1.97. The quantitative estimate of drug-likeness (QED) is 0.489. The zero-order valence-corrected chi connectivity index (χ0v) is 13.2. The van der Waals surface area contributed by atoms with Gasteiger partial charge in [0.1, 0.15) is 0 Å². The first-order chi connectivity index (χ1) is 9.83. The molecule has 92 valence electrons. The fourth-order valence-corrected chi connectivity index (χ4v) is 3.52. The van der Waals surface area contributed by atoms with E-state index in [-0.39, 0.29) is 0 Å². The molecule has 2 heterocycles. The minimum absolute atomic E-state index is 1.03. The van der Waals surface area contributed by atoms with Gasteiger partial charge in [0.25, 0.3) is 0 Å². The van der Waals surface area contributed by atoms with Crippen LogP contribution in [0, 0.1) is 0 Å². The number of fused-ring (bicyclic) bond motifs is 2. The summed E-state index contributed by atoms with van der Waals surface area (Å²) in [6, 6.07) is 21.2. The second-order valence-corrected chi connectivity index (χ2v) is 5.96. The van der Waals surface area contributed by atoms with E-state index in [4.69, 9.17) is 0 Å². The summed E-state index contributed by atoms with van der Waals surface area (Å²) < 4.78 is 2.26. The van der Waals surface area contributed by atoms with Crippen molar-refractivity contribution < 1.29 is 0 Å². The molecule has 0 unspecified atom stereocenters. The molecule has 0 N–H and O–H groups in total. The van der Waals surface area contributed by atoms with Crippen LogP contribution in [0.25, 0.3) is 33.1 Å². The molecule has 0 atom stereocenters. The van der Waals surface area contributed by atoms with Crippen LogP contribution in [0.15, 0.2) is 66.9 Å². The van der Waals surface area contributed by atoms with Crippen LogP contribution in [0.3, 0.4) is 0 Å². The van der Waals surface area contributed by atoms with Crippen molar-refractivity contribution in [3.63, 3.8) is 0 Å². The van der Waals surface area contributed by atoms with Gasteiger partial charge in [0.05, 0.1) is 0 Å². The van der Waals surface area contributed by atoms with Gasteiger partial charge in [0, 0.05) is 0 Å². The molecule has 4 aromatic rings. The molecule has 0 spiro atoms. The van der Waals surface area contributed by atoms with Crippen molar-refractivity contribution in [3.05, 3.63) is 66.9 Å². The Morgan fingerprint density at radius 1 is 0.800 bits per heavy atom. The van der Waals surface area contributed by atoms with Crippen LogP contribution < -0.4 is 0 Å². The first-order valence-corrected chi connectivity index (χ1v) is 7.62. The maximum absolute atomic E-state index is 4.62. The Balaban J connectivity index is 1.98. The molecule has 0 aliphatic carbocycles. The van der Waals surface area contributed by atoms with Crippen molar-refractivity contribution >= 4 is 40.5 Å². The molecule has 4 rings (SSSR count). The molecular formula is C17H11GaN2. The predicted molar refractivity (Wildman–Crippen MR) is 83.8 cm³/mol. The molecule has 0 fully saturated rings. The van der Waals surface area contributed by atoms with Crippen molar-refractivity contribution in [1.29, 1.82) is 0 Å². The van der Waals surface area contributed by atoms with Crippen molar-refractivity contribution in [2.75, 3.05) is 0 Å². The summed E-state index contributed by atoms with van der Waals surface area (Å²) >= 11 is 1.58. The minimum atomic E-state index is 1.03. The maximum atomic E-state index is 4.62. The second-order valence-electron chi connectivity index (χ2n) is 4.88. The number of rotatable bonds is 1. The molecule has 0 saturated carbocycles. The number of aromatic nitrogens is 2. The van der Waals surface area contributed by atoms with E-state index in [9.17, 15) is 0 Å². The fourth-order valence-electron chi connectivity index (χ4n) is 2.60. The molecule has 2 aromatic carbocycles. The monoisotopic (exact) mass is 312 g/mol. The molecule has 0 aliphatic heterocycles. The number of hydrogen-bond donors (Lipinski definition) is 0. The van der Waals surface area contributed by atoms with Gasteiger partial charge in [-0.1, -0.05) is 0 Å². The molecule has 3 heteroatoms. The molecular weight excluding hydrogens is 302 g/mol. The van der Waals surface area contributed by atoms with Gasteiger partial charge in [0.2, 0.25) is 0 Å². The summed E-state index contributed by atoms with van der Waals surface area (Å²) in [5, 5.41) is 3.68. The van der Waals surface area contributed by atoms with E-state index in [1.807, 2.05) is 12.3 Å². The first kappa shape index (κ1) is 11.8. The molecule has 2 aromatic heterocycles. The van der Waals surface area contributed by atoms with E-state index < -0.39 is 0 Å². The van der Waals surface area contributed by atoms with Gasteiger partial charge in [-0.25, -0.2) is 0 Å². The van der Waals surface area contributed by atoms with Crippen molar-refractivity contribution in [2.24, 2.45) is 0 Å². The number of hydrogen-bond acceptors (Lipinski definition) is 1. The van der Waals surface area contributed by atoms with E-state index in [1.54, 1.807) is 18.8 Å². The van der Waals surface area contributed by atoms with E-state index in [2.05, 4.69) is 62.9 Å². The van der Waals surface area contributed by atoms with Gasteiger partial charge in [-0.15, -0.1) is 0 Å². The van der Waals surface area contributed by atoms with Gasteiger partial charge in [-0.2, -0.15) is 0 Å². The third kappa shape index (κ3) is 1.78. The molecule has 20 heavy (non-hydrogen) atoms. The second kappa shape index (κ2) is 4.54. The normalized spacial score (nSPS) is 11.2. The molecule has 0 saturated heterocycles. The van der Waals surface area contributed by atoms with Crippen LogP contribution in [-0.4, -0.2) is 27.1 Å². The average molecular weight is 313 g/mol. The molecule has 0 aliphatic rings. The number of pyridine rings is 1. The predicted octanol–water partition coefficient (Wildman–Crippen LogP) is 3.79. The zero-order chi connectivity index (χ0) is 13.5. The van der Waals surface area contributed by atoms with Gasteiger partial charge in [0.15, 0.2) is 0 Å². The van der Waals surface area contributed by atoms with Gasteiger partial charge >= 0.3 is 127 Å². The summed E-state index contributed by atoms with van der Waals surface area (Å²) in [5.74, 6) is 0. The Morgan fingerprint density at radius 3 is 2.30 bits per heavy atom. The van der Waals surface area contributed by atoms with Crippen LogP contribution >= 0.6 is 0 Å². The third-order valence-electron chi connectivity index (χ3n) is 3.64. The van der Waals surface area contributed by atoms with E-state index in [0.29, 0.717) is 0 Å². The van der Waals surface area contributed by atoms with Crippen LogP contribution in [0.4, 0.5) is 0 Å². The molecule has 0 amide bonds. The molecule has 0 bridgehead atoms. The molecule has 2 nitrogen and oxygen atoms in total. The van der Waals surface area contributed by atoms with Gasteiger partial charge < -0.3 is 0 Å². The zero-order valence-electron chi connectivity index (χ0n) is 10.8. The number of nitrogens with zero attached hydrogens (tertiary/aromatic N) is 2. The topological polar surface area (TPSA) is 17.8 Å². The van der Waals surface area contributed by atoms with Crippen LogP contribution in [0.5, 0.6) is 0 Å². The SMILES string of the molecule is [Ga][n]1c(-c2cc3ccccc3cn2)cc2ccccc21. The van der Waals surface area contributed by atoms with E-state index >= 15 is 0 Å².